The number of hydrogen-bond donors (Lipinski definition) is 1. The normalized spacial score (nSPS) is 20.6. The summed E-state index contributed by atoms with van der Waals surface area (Å²) in [5, 5.41) is 8.38. The molecule has 0 aliphatic carbocycles. The van der Waals surface area contributed by atoms with Gasteiger partial charge in [-0.2, -0.15) is 0 Å². The number of ether oxygens (including phenoxy) is 1. The Labute approximate surface area is 178 Å². The van der Waals surface area contributed by atoms with Crippen LogP contribution in [0.4, 0.5) is 15.2 Å². The maximum absolute atomic E-state index is 13.1. The summed E-state index contributed by atoms with van der Waals surface area (Å²) >= 11 is 6.84. The van der Waals surface area contributed by atoms with Gasteiger partial charge in [0.25, 0.3) is 0 Å². The van der Waals surface area contributed by atoms with Gasteiger partial charge in [-0.1, -0.05) is 11.3 Å². The van der Waals surface area contributed by atoms with E-state index >= 15 is 0 Å². The van der Waals surface area contributed by atoms with E-state index in [1.807, 2.05) is 4.90 Å². The SMILES string of the molecule is O=C(C1CCCN(Cn2nc(Nc3ccc(F)cc3)sc2=S)C1)N1CCOCC1. The highest BCUT2D eigenvalue weighted by molar-refractivity contribution is 7.73. The van der Waals surface area contributed by atoms with Crippen molar-refractivity contribution in [2.45, 2.75) is 19.5 Å². The number of halogens is 1. The summed E-state index contributed by atoms with van der Waals surface area (Å²) in [5.41, 5.74) is 0.761. The van der Waals surface area contributed by atoms with Crippen molar-refractivity contribution in [3.63, 3.8) is 0 Å². The van der Waals surface area contributed by atoms with E-state index in [0.717, 1.165) is 31.6 Å². The zero-order chi connectivity index (χ0) is 20.2. The lowest BCUT2D eigenvalue weighted by Gasteiger charge is -2.36. The minimum Gasteiger partial charge on any atom is -0.378 e. The molecule has 1 atom stereocenters. The maximum atomic E-state index is 13.1. The predicted octanol–water partition coefficient (Wildman–Crippen LogP) is 3.09. The Morgan fingerprint density at radius 2 is 2.03 bits per heavy atom. The van der Waals surface area contributed by atoms with Crippen molar-refractivity contribution < 1.29 is 13.9 Å². The molecule has 4 rings (SSSR count). The second-order valence-electron chi connectivity index (χ2n) is 7.30. The van der Waals surface area contributed by atoms with Crippen LogP contribution in [0.25, 0.3) is 0 Å². The van der Waals surface area contributed by atoms with Crippen LogP contribution in [0.3, 0.4) is 0 Å². The van der Waals surface area contributed by atoms with Crippen LogP contribution in [-0.2, 0) is 16.2 Å². The molecule has 10 heteroatoms. The number of nitrogens with one attached hydrogen (secondary N) is 1. The molecule has 2 aliphatic rings. The standard InChI is InChI=1S/C19H24FN5O2S2/c20-15-3-5-16(6-4-15)21-18-22-25(19(28)29-18)13-23-7-1-2-14(12-23)17(26)24-8-10-27-11-9-24/h3-6,14H,1-2,7-13H2,(H,21,22). The van der Waals surface area contributed by atoms with Crippen LogP contribution in [0, 0.1) is 15.7 Å². The molecule has 7 nitrogen and oxygen atoms in total. The van der Waals surface area contributed by atoms with Gasteiger partial charge in [0.1, 0.15) is 5.82 Å². The van der Waals surface area contributed by atoms with Gasteiger partial charge in [-0.15, -0.1) is 5.10 Å². The van der Waals surface area contributed by atoms with Crippen LogP contribution >= 0.6 is 23.6 Å². The molecule has 0 saturated carbocycles. The smallest absolute Gasteiger partial charge is 0.227 e. The molecule has 3 heterocycles. The van der Waals surface area contributed by atoms with Crippen molar-refractivity contribution >= 4 is 40.3 Å². The zero-order valence-corrected chi connectivity index (χ0v) is 17.7. The first kappa shape index (κ1) is 20.4. The molecule has 156 valence electrons. The number of piperidine rings is 1. The molecule has 2 aromatic rings. The van der Waals surface area contributed by atoms with Crippen LogP contribution < -0.4 is 5.32 Å². The Balaban J connectivity index is 1.37. The molecule has 1 amide bonds. The summed E-state index contributed by atoms with van der Waals surface area (Å²) in [6, 6.07) is 6.13. The quantitative estimate of drug-likeness (QED) is 0.726. The Kier molecular flexibility index (Phi) is 6.53. The molecule has 2 saturated heterocycles. The molecule has 1 aromatic carbocycles. The lowest BCUT2D eigenvalue weighted by atomic mass is 9.96. The zero-order valence-electron chi connectivity index (χ0n) is 16.1. The molecule has 2 aliphatic heterocycles. The third kappa shape index (κ3) is 5.19. The van der Waals surface area contributed by atoms with Crippen LogP contribution in [0.15, 0.2) is 24.3 Å². The van der Waals surface area contributed by atoms with Crippen molar-refractivity contribution in [2.24, 2.45) is 5.92 Å². The van der Waals surface area contributed by atoms with Crippen molar-refractivity contribution in [1.29, 1.82) is 0 Å². The number of anilines is 2. The van der Waals surface area contributed by atoms with Gasteiger partial charge in [0, 0.05) is 25.3 Å². The minimum atomic E-state index is -0.278. The van der Waals surface area contributed by atoms with E-state index in [1.165, 1.54) is 23.5 Å². The van der Waals surface area contributed by atoms with Crippen molar-refractivity contribution in [3.05, 3.63) is 34.0 Å². The first-order chi connectivity index (χ1) is 14.1. The summed E-state index contributed by atoms with van der Waals surface area (Å²) in [7, 11) is 0. The first-order valence-electron chi connectivity index (χ1n) is 9.78. The van der Waals surface area contributed by atoms with Crippen molar-refractivity contribution in [1.82, 2.24) is 19.6 Å². The van der Waals surface area contributed by atoms with Gasteiger partial charge in [0.15, 0.2) is 3.95 Å². The molecule has 0 radical (unpaired) electrons. The number of hydrogen-bond acceptors (Lipinski definition) is 7. The topological polar surface area (TPSA) is 62.6 Å². The van der Waals surface area contributed by atoms with E-state index in [2.05, 4.69) is 15.3 Å². The second kappa shape index (κ2) is 9.29. The first-order valence-corrected chi connectivity index (χ1v) is 11.0. The summed E-state index contributed by atoms with van der Waals surface area (Å²) < 4.78 is 20.9. The number of aromatic nitrogens is 2. The second-order valence-corrected chi connectivity index (χ2v) is 8.92. The Hall–Kier alpha value is -1.88. The molecule has 1 N–H and O–H groups in total. The fraction of sp³-hybridized carbons (Fsp3) is 0.526. The van der Waals surface area contributed by atoms with E-state index in [0.29, 0.717) is 42.1 Å². The minimum absolute atomic E-state index is 0.0199. The summed E-state index contributed by atoms with van der Waals surface area (Å²) in [5.74, 6) is -0.0231. The van der Waals surface area contributed by atoms with Gasteiger partial charge in [-0.05, 0) is 55.9 Å². The molecule has 2 fully saturated rings. The summed E-state index contributed by atoms with van der Waals surface area (Å²) in [6.45, 7) is 4.83. The lowest BCUT2D eigenvalue weighted by molar-refractivity contribution is -0.141. The summed E-state index contributed by atoms with van der Waals surface area (Å²) in [6.07, 6.45) is 1.91. The lowest BCUT2D eigenvalue weighted by Crippen LogP contribution is -2.48. The molecule has 29 heavy (non-hydrogen) atoms. The molecule has 0 bridgehead atoms. The van der Waals surface area contributed by atoms with Gasteiger partial charge in [-0.25, -0.2) is 9.07 Å². The van der Waals surface area contributed by atoms with Crippen molar-refractivity contribution in [2.75, 3.05) is 44.7 Å². The van der Waals surface area contributed by atoms with E-state index in [-0.39, 0.29) is 17.6 Å². The molecule has 1 unspecified atom stereocenters. The average Bonchev–Trinajstić information content (AvgIpc) is 3.08. The van der Waals surface area contributed by atoms with Gasteiger partial charge in [0.05, 0.1) is 25.8 Å². The molecule has 0 spiro atoms. The molecular weight excluding hydrogens is 413 g/mol. The average molecular weight is 438 g/mol. The van der Waals surface area contributed by atoms with Crippen LogP contribution in [-0.4, -0.2) is 64.9 Å². The Bertz CT molecular complexity index is 895. The Morgan fingerprint density at radius 1 is 1.28 bits per heavy atom. The Morgan fingerprint density at radius 3 is 2.79 bits per heavy atom. The molecular formula is C19H24FN5O2S2. The number of carbonyl (C=O) groups excluding carboxylic acids is 1. The van der Waals surface area contributed by atoms with Crippen molar-refractivity contribution in [3.8, 4) is 0 Å². The van der Waals surface area contributed by atoms with E-state index in [1.54, 1.807) is 16.8 Å². The van der Waals surface area contributed by atoms with Gasteiger partial charge >= 0.3 is 0 Å². The largest absolute Gasteiger partial charge is 0.378 e. The monoisotopic (exact) mass is 437 g/mol. The number of benzene rings is 1. The highest BCUT2D eigenvalue weighted by Gasteiger charge is 2.30. The number of amides is 1. The highest BCUT2D eigenvalue weighted by atomic mass is 32.1. The van der Waals surface area contributed by atoms with Crippen LogP contribution in [0.1, 0.15) is 12.8 Å². The molecule has 1 aromatic heterocycles. The number of morpholine rings is 1. The van der Waals surface area contributed by atoms with Gasteiger partial charge in [0.2, 0.25) is 11.0 Å². The van der Waals surface area contributed by atoms with Gasteiger partial charge < -0.3 is 15.0 Å². The third-order valence-corrected chi connectivity index (χ3v) is 6.44. The highest BCUT2D eigenvalue weighted by Crippen LogP contribution is 2.23. The number of likely N-dealkylation sites (tertiary alicyclic amines) is 1. The van der Waals surface area contributed by atoms with Gasteiger partial charge in [-0.3, -0.25) is 9.69 Å². The summed E-state index contributed by atoms with van der Waals surface area (Å²) in [4.78, 5) is 17.0. The van der Waals surface area contributed by atoms with E-state index in [4.69, 9.17) is 17.0 Å². The number of rotatable bonds is 5. The van der Waals surface area contributed by atoms with Crippen LogP contribution in [0.2, 0.25) is 0 Å². The number of carbonyl (C=O) groups is 1. The van der Waals surface area contributed by atoms with E-state index < -0.39 is 0 Å². The maximum Gasteiger partial charge on any atom is 0.227 e. The fourth-order valence-corrected chi connectivity index (χ4v) is 4.73. The fourth-order valence-electron chi connectivity index (χ4n) is 3.72. The number of nitrogens with zero attached hydrogens (tertiary/aromatic N) is 4. The predicted molar refractivity (Wildman–Crippen MR) is 112 cm³/mol. The van der Waals surface area contributed by atoms with E-state index in [9.17, 15) is 9.18 Å². The third-order valence-electron chi connectivity index (χ3n) is 5.21. The van der Waals surface area contributed by atoms with Crippen LogP contribution in [0.5, 0.6) is 0 Å².